The van der Waals surface area contributed by atoms with Crippen molar-refractivity contribution in [1.82, 2.24) is 20.1 Å². The largest absolute Gasteiger partial charge is 0.449 e. The average Bonchev–Trinajstić information content (AvgIpc) is 3.60. The van der Waals surface area contributed by atoms with E-state index in [2.05, 4.69) is 10.2 Å². The molecule has 13 nitrogen and oxygen atoms in total. The van der Waals surface area contributed by atoms with Crippen LogP contribution in [0.3, 0.4) is 0 Å². The summed E-state index contributed by atoms with van der Waals surface area (Å²) in [5.41, 5.74) is 2.46. The van der Waals surface area contributed by atoms with Gasteiger partial charge in [0.2, 0.25) is 5.91 Å². The van der Waals surface area contributed by atoms with E-state index < -0.39 is 25.6 Å². The van der Waals surface area contributed by atoms with Crippen molar-refractivity contribution >= 4 is 31.2 Å². The lowest BCUT2D eigenvalue weighted by molar-refractivity contribution is -0.134. The quantitative estimate of drug-likeness (QED) is 0.193. The van der Waals surface area contributed by atoms with Gasteiger partial charge in [-0.1, -0.05) is 43.7 Å². The number of aromatic nitrogens is 1. The van der Waals surface area contributed by atoms with Crippen LogP contribution in [0.5, 0.6) is 0 Å². The van der Waals surface area contributed by atoms with Crippen LogP contribution in [-0.2, 0) is 27.9 Å². The number of methoxy groups -OCH3 is 1. The molecule has 48 heavy (non-hydrogen) atoms. The van der Waals surface area contributed by atoms with E-state index in [9.17, 15) is 18.9 Å². The van der Waals surface area contributed by atoms with Crippen LogP contribution in [0.1, 0.15) is 56.9 Å². The Morgan fingerprint density at radius 1 is 0.979 bits per heavy atom. The first kappa shape index (κ1) is 37.3. The molecule has 0 bridgehead atoms. The van der Waals surface area contributed by atoms with Gasteiger partial charge < -0.3 is 38.5 Å². The van der Waals surface area contributed by atoms with Gasteiger partial charge in [0.25, 0.3) is 5.91 Å². The van der Waals surface area contributed by atoms with Gasteiger partial charge in [0.1, 0.15) is 11.7 Å². The summed E-state index contributed by atoms with van der Waals surface area (Å²) in [6, 6.07) is 12.3. The number of anilines is 1. The van der Waals surface area contributed by atoms with Crippen molar-refractivity contribution in [3.05, 3.63) is 48.2 Å². The molecule has 3 heterocycles. The molecule has 3 amide bonds. The molecule has 2 aliphatic heterocycles. The predicted molar refractivity (Wildman–Crippen MR) is 183 cm³/mol. The fraction of sp³-hybridized carbons (Fsp3) is 0.588. The molecule has 0 saturated carbocycles. The van der Waals surface area contributed by atoms with Gasteiger partial charge in [0.05, 0.1) is 37.8 Å². The van der Waals surface area contributed by atoms with Crippen molar-refractivity contribution < 1.29 is 37.5 Å². The summed E-state index contributed by atoms with van der Waals surface area (Å²) in [6.45, 7) is 8.77. The summed E-state index contributed by atoms with van der Waals surface area (Å²) in [5, 5.41) is 2.90. The van der Waals surface area contributed by atoms with Gasteiger partial charge in [-0.15, -0.1) is 0 Å². The van der Waals surface area contributed by atoms with Gasteiger partial charge in [-0.2, -0.15) is 0 Å². The van der Waals surface area contributed by atoms with Crippen LogP contribution >= 0.6 is 7.60 Å². The Morgan fingerprint density at radius 3 is 2.29 bits per heavy atom. The topological polar surface area (TPSA) is 140 Å². The van der Waals surface area contributed by atoms with E-state index in [1.807, 2.05) is 43.3 Å². The standard InChI is InChI=1S/C34H50N5O8P/c1-5-8-21-45-34(42)38-19-17-37(18-20-38)33(41)29(15-22-48(43,46-6-2)47-7-3)36-32(40)31-24-27(39-16-14-28(25-39)44-4)23-30(35-31)26-12-10-9-11-13-26/h9-13,23-24,28-29H,5-8,14-22,25H2,1-4H3,(H,36,40)/t28-,29+/m0/s1. The lowest BCUT2D eigenvalue weighted by Gasteiger charge is -2.36. The summed E-state index contributed by atoms with van der Waals surface area (Å²) in [6.07, 6.45) is 2.21. The van der Waals surface area contributed by atoms with Crippen LogP contribution < -0.4 is 10.2 Å². The zero-order valence-corrected chi connectivity index (χ0v) is 29.5. The number of nitrogens with zero attached hydrogens (tertiary/aromatic N) is 4. The zero-order chi connectivity index (χ0) is 34.5. The van der Waals surface area contributed by atoms with E-state index in [0.717, 1.165) is 37.1 Å². The number of carbonyl (C=O) groups is 3. The monoisotopic (exact) mass is 687 g/mol. The Bertz CT molecular complexity index is 1400. The number of benzene rings is 1. The van der Waals surface area contributed by atoms with E-state index in [0.29, 0.717) is 31.9 Å². The lowest BCUT2D eigenvalue weighted by Crippen LogP contribution is -2.56. The highest BCUT2D eigenvalue weighted by atomic mass is 31.2. The van der Waals surface area contributed by atoms with Gasteiger partial charge in [-0.3, -0.25) is 14.2 Å². The molecule has 0 spiro atoms. The smallest absolute Gasteiger partial charge is 0.409 e. The molecule has 2 saturated heterocycles. The molecule has 0 radical (unpaired) electrons. The third kappa shape index (κ3) is 10.2. The van der Waals surface area contributed by atoms with Crippen LogP contribution in [0.15, 0.2) is 42.5 Å². The Kier molecular flexibility index (Phi) is 14.2. The third-order valence-electron chi connectivity index (χ3n) is 8.48. The molecular weight excluding hydrogens is 637 g/mol. The Labute approximate surface area is 283 Å². The number of nitrogens with one attached hydrogen (secondary N) is 1. The maximum atomic E-state index is 14.0. The summed E-state index contributed by atoms with van der Waals surface area (Å²) in [5.74, 6) is -0.875. The molecule has 264 valence electrons. The summed E-state index contributed by atoms with van der Waals surface area (Å²) >= 11 is 0. The summed E-state index contributed by atoms with van der Waals surface area (Å²) in [4.78, 5) is 50.5. The van der Waals surface area contributed by atoms with E-state index in [4.69, 9.17) is 23.5 Å². The molecule has 0 unspecified atom stereocenters. The lowest BCUT2D eigenvalue weighted by atomic mass is 10.1. The highest BCUT2D eigenvalue weighted by Gasteiger charge is 2.34. The molecule has 4 rings (SSSR count). The second kappa shape index (κ2) is 18.3. The number of unbranched alkanes of at least 4 members (excludes halogenated alkanes) is 1. The average molecular weight is 688 g/mol. The number of piperazine rings is 1. The van der Waals surface area contributed by atoms with Gasteiger partial charge in [-0.05, 0) is 45.2 Å². The molecule has 1 N–H and O–H groups in total. The number of rotatable bonds is 16. The number of carbonyl (C=O) groups excluding carboxylic acids is 3. The maximum Gasteiger partial charge on any atom is 0.409 e. The van der Waals surface area contributed by atoms with Crippen molar-refractivity contribution in [2.45, 2.75) is 58.6 Å². The second-order valence-electron chi connectivity index (χ2n) is 11.8. The van der Waals surface area contributed by atoms with Crippen molar-refractivity contribution in [3.8, 4) is 11.3 Å². The molecule has 2 aliphatic rings. The number of pyridine rings is 1. The fourth-order valence-electron chi connectivity index (χ4n) is 5.79. The first-order valence-corrected chi connectivity index (χ1v) is 18.7. The van der Waals surface area contributed by atoms with Gasteiger partial charge >= 0.3 is 13.7 Å². The molecule has 0 aliphatic carbocycles. The van der Waals surface area contributed by atoms with Crippen LogP contribution in [0.25, 0.3) is 11.3 Å². The van der Waals surface area contributed by atoms with Gasteiger partial charge in [0, 0.05) is 57.6 Å². The molecule has 2 aromatic rings. The van der Waals surface area contributed by atoms with E-state index >= 15 is 0 Å². The molecule has 2 fully saturated rings. The number of hydrogen-bond donors (Lipinski definition) is 1. The van der Waals surface area contributed by atoms with Gasteiger partial charge in [-0.25, -0.2) is 9.78 Å². The van der Waals surface area contributed by atoms with E-state index in [1.54, 1.807) is 36.8 Å². The fourth-order valence-corrected chi connectivity index (χ4v) is 7.48. The molecule has 1 aromatic heterocycles. The van der Waals surface area contributed by atoms with Crippen molar-refractivity contribution in [3.63, 3.8) is 0 Å². The van der Waals surface area contributed by atoms with E-state index in [-0.39, 0.29) is 56.6 Å². The second-order valence-corrected chi connectivity index (χ2v) is 14.0. The number of ether oxygens (including phenoxy) is 2. The van der Waals surface area contributed by atoms with Crippen molar-refractivity contribution in [1.29, 1.82) is 0 Å². The highest BCUT2D eigenvalue weighted by Crippen LogP contribution is 2.48. The van der Waals surface area contributed by atoms with Crippen LogP contribution in [0.2, 0.25) is 0 Å². The first-order valence-electron chi connectivity index (χ1n) is 16.9. The van der Waals surface area contributed by atoms with Crippen LogP contribution in [0, 0.1) is 0 Å². The summed E-state index contributed by atoms with van der Waals surface area (Å²) < 4.78 is 35.2. The first-order chi connectivity index (χ1) is 23.2. The Balaban J connectivity index is 1.56. The Hall–Kier alpha value is -3.51. The minimum atomic E-state index is -3.51. The third-order valence-corrected chi connectivity index (χ3v) is 10.6. The molecule has 1 aromatic carbocycles. The summed E-state index contributed by atoms with van der Waals surface area (Å²) in [7, 11) is -1.81. The molecule has 14 heteroatoms. The number of hydrogen-bond acceptors (Lipinski definition) is 10. The van der Waals surface area contributed by atoms with Crippen LogP contribution in [0.4, 0.5) is 10.5 Å². The van der Waals surface area contributed by atoms with Gasteiger partial charge in [0.15, 0.2) is 0 Å². The molecule has 2 atom stereocenters. The maximum absolute atomic E-state index is 14.0. The van der Waals surface area contributed by atoms with Crippen LogP contribution in [-0.4, -0.2) is 117 Å². The minimum absolute atomic E-state index is 0.0218. The minimum Gasteiger partial charge on any atom is -0.449 e. The van der Waals surface area contributed by atoms with Crippen molar-refractivity contribution in [2.24, 2.45) is 0 Å². The predicted octanol–water partition coefficient (Wildman–Crippen LogP) is 4.81. The molecular formula is C34H50N5O8P. The number of amides is 3. The highest BCUT2D eigenvalue weighted by molar-refractivity contribution is 7.53. The normalized spacial score (nSPS) is 17.3. The van der Waals surface area contributed by atoms with Crippen molar-refractivity contribution in [2.75, 3.05) is 77.3 Å². The SMILES string of the molecule is CCCCOC(=O)N1CCN(C(=O)[C@@H](CCP(=O)(OCC)OCC)NC(=O)c2cc(N3CC[C@H](OC)C3)cc(-c3ccccc3)n2)CC1. The zero-order valence-electron chi connectivity index (χ0n) is 28.6. The Morgan fingerprint density at radius 2 is 1.67 bits per heavy atom. The van der Waals surface area contributed by atoms with E-state index in [1.165, 1.54) is 0 Å².